The molecule has 0 radical (unpaired) electrons. The van der Waals surface area contributed by atoms with Crippen molar-refractivity contribution in [2.24, 2.45) is 0 Å². The van der Waals surface area contributed by atoms with Crippen LogP contribution in [0, 0.1) is 38.2 Å². The molecule has 0 aliphatic rings. The molecule has 12 aromatic rings. The summed E-state index contributed by atoms with van der Waals surface area (Å²) >= 11 is 3.16. The summed E-state index contributed by atoms with van der Waals surface area (Å²) < 4.78 is 66.2. The van der Waals surface area contributed by atoms with E-state index < -0.39 is 0 Å². The van der Waals surface area contributed by atoms with Gasteiger partial charge in [-0.3, -0.25) is 19.2 Å². The second-order valence-corrected chi connectivity index (χ2v) is 23.4. The van der Waals surface area contributed by atoms with Crippen molar-refractivity contribution >= 4 is 27.9 Å². The number of aliphatic hydroxyl groups excluding tert-OH is 2. The van der Waals surface area contributed by atoms with E-state index in [1.54, 1.807) is 118 Å². The third-order valence-electron chi connectivity index (χ3n) is 15.2. The number of aromatic nitrogens is 9. The zero-order chi connectivity index (χ0) is 69.3. The summed E-state index contributed by atoms with van der Waals surface area (Å²) in [5, 5.41) is 18.8. The Morgan fingerprint density at radius 2 is 0.794 bits per heavy atom. The molecular weight excluding hydrogens is 1310 g/mol. The number of carbonyl (C=O) groups is 1. The van der Waals surface area contributed by atoms with E-state index >= 15 is 0 Å². The maximum Gasteiger partial charge on any atom is 0.265 e. The minimum Gasteiger partial charge on any atom is -0.495 e. The number of nitrogens with two attached hydrogens (primary N) is 1. The van der Waals surface area contributed by atoms with Crippen molar-refractivity contribution in [3.8, 4) is 34.3 Å². The molecule has 6 heterocycles. The number of methoxy groups -OCH3 is 3. The van der Waals surface area contributed by atoms with Crippen LogP contribution in [0.5, 0.6) is 17.2 Å². The van der Waals surface area contributed by atoms with Crippen LogP contribution in [0.15, 0.2) is 221 Å². The average Bonchev–Trinajstić information content (AvgIpc) is 1.87. The van der Waals surface area contributed by atoms with Gasteiger partial charge >= 0.3 is 0 Å². The fraction of sp³-hybridized carbons (Fsp3) is 0.176. The highest BCUT2D eigenvalue weighted by atomic mass is 79.9. The number of nitrogen functional groups attached to an aromatic ring is 1. The lowest BCUT2D eigenvalue weighted by Crippen LogP contribution is -2.25. The number of halogens is 4. The van der Waals surface area contributed by atoms with Crippen LogP contribution in [0.3, 0.4) is 0 Å². The standard InChI is InChI=1S/C25H24FN3O3.C25H22FN3O3.C13H11BrFNO2.C11H13N3O/c2*1-17-12-29(16-27-17)23-8-5-19(11-24(23)32-2)9-21-10-20(15-30)14-28(25(21)31)13-18-3-6-22(26)7-4-18;14-12-5-10(8-17)7-16(13(12)18)6-9-1-3-11(15)4-2-9;1-8-6-14(7-13-8)10-4-3-9(12)5-11(10)15-2/h3-8,10-12,14,16,30H,9,13,15H2,1-2H3;3-8,10-12,14-16H,9,13H2,1-2H3;1-5,7,17H,6,8H2;3-7H,12H2,1-2H3. The largest absolute Gasteiger partial charge is 0.495 e. The van der Waals surface area contributed by atoms with Gasteiger partial charge in [-0.05, 0) is 167 Å². The molecule has 0 spiro atoms. The zero-order valence-corrected chi connectivity index (χ0v) is 55.5. The minimum atomic E-state index is -0.341. The normalized spacial score (nSPS) is 10.8. The van der Waals surface area contributed by atoms with E-state index in [9.17, 15) is 37.5 Å². The summed E-state index contributed by atoms with van der Waals surface area (Å²) in [6, 6.07) is 39.9. The smallest absolute Gasteiger partial charge is 0.265 e. The van der Waals surface area contributed by atoms with Crippen molar-refractivity contribution in [2.45, 2.75) is 66.5 Å². The summed E-state index contributed by atoms with van der Waals surface area (Å²) in [5.74, 6) is 1.09. The van der Waals surface area contributed by atoms with Gasteiger partial charge < -0.3 is 57.6 Å². The van der Waals surface area contributed by atoms with Gasteiger partial charge in [0.1, 0.15) is 34.7 Å². The number of carbonyl (C=O) groups excluding carboxylic acids is 1. The van der Waals surface area contributed by atoms with Gasteiger partial charge in [0.25, 0.3) is 16.7 Å². The van der Waals surface area contributed by atoms with Crippen LogP contribution in [0.4, 0.5) is 18.9 Å². The molecule has 0 saturated heterocycles. The van der Waals surface area contributed by atoms with E-state index in [0.29, 0.717) is 75.4 Å². The molecule has 0 unspecified atom stereocenters. The van der Waals surface area contributed by atoms with Crippen molar-refractivity contribution in [3.05, 3.63) is 327 Å². The van der Waals surface area contributed by atoms with Crippen molar-refractivity contribution < 1.29 is 42.4 Å². The third kappa shape index (κ3) is 18.6. The predicted octanol–water partition coefficient (Wildman–Crippen LogP) is 11.6. The number of imidazole rings is 3. The second kappa shape index (κ2) is 32.8. The molecule has 498 valence electrons. The Hall–Kier alpha value is -11.1. The fourth-order valence-corrected chi connectivity index (χ4v) is 11.0. The molecular formula is C74H70BrF3N10O9. The van der Waals surface area contributed by atoms with Gasteiger partial charge in [0.2, 0.25) is 0 Å². The first-order chi connectivity index (χ1) is 46.7. The van der Waals surface area contributed by atoms with Gasteiger partial charge in [-0.1, -0.05) is 48.5 Å². The van der Waals surface area contributed by atoms with Gasteiger partial charge in [-0.15, -0.1) is 0 Å². The van der Waals surface area contributed by atoms with E-state index in [4.69, 9.17) is 25.1 Å². The number of nitrogens with zero attached hydrogens (tertiary/aromatic N) is 9. The molecule has 4 N–H and O–H groups in total. The number of benzene rings is 6. The van der Waals surface area contributed by atoms with E-state index in [1.165, 1.54) is 51.7 Å². The van der Waals surface area contributed by atoms with Crippen LogP contribution >= 0.6 is 15.9 Å². The third-order valence-corrected chi connectivity index (χ3v) is 15.8. The Morgan fingerprint density at radius 1 is 0.443 bits per heavy atom. The van der Waals surface area contributed by atoms with E-state index in [2.05, 4.69) is 30.9 Å². The van der Waals surface area contributed by atoms with Crippen LogP contribution < -0.4 is 36.6 Å². The number of aliphatic hydroxyl groups is 2. The van der Waals surface area contributed by atoms with E-state index in [0.717, 1.165) is 74.0 Å². The molecule has 97 heavy (non-hydrogen) atoms. The first kappa shape index (κ1) is 70.2. The van der Waals surface area contributed by atoms with Crippen LogP contribution in [0.25, 0.3) is 17.1 Å². The Labute approximate surface area is 565 Å². The lowest BCUT2D eigenvalue weighted by atomic mass is 10.0. The summed E-state index contributed by atoms with van der Waals surface area (Å²) in [6.07, 6.45) is 17.1. The van der Waals surface area contributed by atoms with E-state index in [1.807, 2.05) is 102 Å². The van der Waals surface area contributed by atoms with Gasteiger partial charge in [-0.2, -0.15) is 0 Å². The molecule has 12 rings (SSSR count). The SMILES string of the molecule is COc1cc(Cc2cc(C=O)cn(Cc3ccc(F)cc3)c2=O)ccc1-n1cnc(C)c1.COc1cc(Cc2cc(CO)cn(Cc3ccc(F)cc3)c2=O)ccc1-n1cnc(C)c1.COc1cc(N)ccc1-n1cnc(C)c1.O=c1c(Br)cc(CO)cn1Cc1ccc(F)cc1. The molecule has 0 amide bonds. The predicted molar refractivity (Wildman–Crippen MR) is 368 cm³/mol. The number of aryl methyl sites for hydroxylation is 3. The molecule has 0 aliphatic heterocycles. The molecule has 0 saturated carbocycles. The maximum atomic E-state index is 13.2. The molecule has 0 aliphatic carbocycles. The highest BCUT2D eigenvalue weighted by Gasteiger charge is 2.16. The number of pyridine rings is 3. The van der Waals surface area contributed by atoms with Crippen molar-refractivity contribution in [1.29, 1.82) is 0 Å². The number of ether oxygens (including phenoxy) is 3. The fourth-order valence-electron chi connectivity index (χ4n) is 10.4. The first-order valence-electron chi connectivity index (χ1n) is 30.3. The molecule has 6 aromatic carbocycles. The van der Waals surface area contributed by atoms with Crippen LogP contribution in [-0.4, -0.2) is 80.2 Å². The highest BCUT2D eigenvalue weighted by Crippen LogP contribution is 2.29. The van der Waals surface area contributed by atoms with Crippen LogP contribution in [-0.2, 0) is 45.7 Å². The van der Waals surface area contributed by atoms with Crippen LogP contribution in [0.1, 0.15) is 77.5 Å². The number of aldehydes is 1. The van der Waals surface area contributed by atoms with Crippen molar-refractivity contribution in [2.75, 3.05) is 27.1 Å². The molecule has 0 bridgehead atoms. The summed E-state index contributed by atoms with van der Waals surface area (Å²) in [6.45, 7) is 6.34. The van der Waals surface area contributed by atoms with Gasteiger partial charge in [0, 0.05) is 78.5 Å². The van der Waals surface area contributed by atoms with E-state index in [-0.39, 0.29) is 53.9 Å². The Kier molecular flexibility index (Phi) is 23.7. The quantitative estimate of drug-likeness (QED) is 0.0506. The topological polar surface area (TPSA) is 231 Å². The second-order valence-electron chi connectivity index (χ2n) is 22.5. The van der Waals surface area contributed by atoms with Crippen LogP contribution in [0.2, 0.25) is 0 Å². The zero-order valence-electron chi connectivity index (χ0n) is 53.9. The van der Waals surface area contributed by atoms with Gasteiger partial charge in [0.05, 0.1) is 112 Å². The lowest BCUT2D eigenvalue weighted by molar-refractivity contribution is 0.112. The number of hydrogen-bond donors (Lipinski definition) is 3. The van der Waals surface area contributed by atoms with Crippen molar-refractivity contribution in [1.82, 2.24) is 42.4 Å². The molecule has 23 heteroatoms. The molecule has 19 nitrogen and oxygen atoms in total. The number of anilines is 1. The van der Waals surface area contributed by atoms with Gasteiger partial charge in [-0.25, -0.2) is 28.1 Å². The monoisotopic (exact) mass is 1380 g/mol. The number of rotatable bonds is 19. The maximum absolute atomic E-state index is 13.2. The molecule has 0 atom stereocenters. The minimum absolute atomic E-state index is 0.137. The van der Waals surface area contributed by atoms with Gasteiger partial charge in [0.15, 0.2) is 6.29 Å². The summed E-state index contributed by atoms with van der Waals surface area (Å²) in [7, 11) is 4.83. The summed E-state index contributed by atoms with van der Waals surface area (Å²) in [5.41, 5.74) is 18.1. The Bertz CT molecular complexity index is 4870. The Morgan fingerprint density at radius 3 is 1.16 bits per heavy atom. The van der Waals surface area contributed by atoms with Crippen molar-refractivity contribution in [3.63, 3.8) is 0 Å². The summed E-state index contributed by atoms with van der Waals surface area (Å²) in [4.78, 5) is 62.2. The average molecular weight is 1380 g/mol. The molecule has 6 aromatic heterocycles. The first-order valence-corrected chi connectivity index (χ1v) is 31.1. The number of hydrogen-bond acceptors (Lipinski definition) is 13. The lowest BCUT2D eigenvalue weighted by Gasteiger charge is -2.13. The Balaban J connectivity index is 0.000000159. The molecule has 0 fully saturated rings. The highest BCUT2D eigenvalue weighted by molar-refractivity contribution is 9.10.